The molecule has 0 amide bonds. The molecule has 0 aromatic heterocycles. The maximum Gasteiger partial charge on any atom is 0.339 e. The quantitative estimate of drug-likeness (QED) is 0.642. The molecule has 1 aromatic carbocycles. The third kappa shape index (κ3) is 4.98. The lowest BCUT2D eigenvalue weighted by Gasteiger charge is -2.16. The number of carbonyl (C=O) groups is 1. The fourth-order valence-corrected chi connectivity index (χ4v) is 2.28. The molecule has 0 heterocycles. The highest BCUT2D eigenvalue weighted by molar-refractivity contribution is 7.80. The van der Waals surface area contributed by atoms with Gasteiger partial charge >= 0.3 is 5.97 Å². The summed E-state index contributed by atoms with van der Waals surface area (Å²) in [7, 11) is 1.32. The van der Waals surface area contributed by atoms with E-state index in [4.69, 9.17) is 23.8 Å². The lowest BCUT2D eigenvalue weighted by Crippen LogP contribution is -2.35. The van der Waals surface area contributed by atoms with E-state index >= 15 is 0 Å². The molecule has 0 aliphatic rings. The predicted molar refractivity (Wildman–Crippen MR) is 86.5 cm³/mol. The number of hydrogen-bond donors (Lipinski definition) is 2. The van der Waals surface area contributed by atoms with Crippen molar-refractivity contribution in [2.24, 2.45) is 0 Å². The number of anilines is 1. The van der Waals surface area contributed by atoms with Crippen LogP contribution in [0.3, 0.4) is 0 Å². The average molecular weight is 315 g/mol. The van der Waals surface area contributed by atoms with Gasteiger partial charge in [-0.3, -0.25) is 0 Å². The molecule has 2 N–H and O–H groups in total. The number of carbonyl (C=O) groups excluding carboxylic acids is 1. The van der Waals surface area contributed by atoms with Gasteiger partial charge in [0.2, 0.25) is 0 Å². The predicted octanol–water partition coefficient (Wildman–Crippen LogP) is 3.60. The zero-order valence-electron chi connectivity index (χ0n) is 11.8. The van der Waals surface area contributed by atoms with E-state index in [2.05, 4.69) is 29.2 Å². The Morgan fingerprint density at radius 1 is 1.50 bits per heavy atom. The van der Waals surface area contributed by atoms with E-state index in [1.165, 1.54) is 7.11 Å². The smallest absolute Gasteiger partial charge is 0.339 e. The first-order chi connectivity index (χ1) is 9.47. The Labute approximate surface area is 129 Å². The molecule has 4 nitrogen and oxygen atoms in total. The summed E-state index contributed by atoms with van der Waals surface area (Å²) in [6.45, 7) is 4.19. The number of nitrogens with one attached hydrogen (secondary N) is 2. The van der Waals surface area contributed by atoms with Gasteiger partial charge in [0.1, 0.15) is 0 Å². The van der Waals surface area contributed by atoms with Gasteiger partial charge in [0, 0.05) is 11.7 Å². The third-order valence-electron chi connectivity index (χ3n) is 2.73. The fourth-order valence-electron chi connectivity index (χ4n) is 1.77. The minimum absolute atomic E-state index is 0.298. The van der Waals surface area contributed by atoms with Gasteiger partial charge in [0.25, 0.3) is 0 Å². The van der Waals surface area contributed by atoms with Crippen LogP contribution in [0.5, 0.6) is 0 Å². The van der Waals surface area contributed by atoms with Crippen LogP contribution in [0.4, 0.5) is 5.69 Å². The van der Waals surface area contributed by atoms with Gasteiger partial charge in [-0.25, -0.2) is 4.79 Å². The Bertz CT molecular complexity index is 494. The van der Waals surface area contributed by atoms with Crippen molar-refractivity contribution in [1.29, 1.82) is 0 Å². The van der Waals surface area contributed by atoms with Gasteiger partial charge in [-0.15, -0.1) is 0 Å². The van der Waals surface area contributed by atoms with Crippen LogP contribution >= 0.6 is 23.8 Å². The molecule has 6 heteroatoms. The maximum absolute atomic E-state index is 11.6. The Morgan fingerprint density at radius 2 is 2.20 bits per heavy atom. The van der Waals surface area contributed by atoms with Crippen molar-refractivity contribution in [3.05, 3.63) is 28.8 Å². The van der Waals surface area contributed by atoms with Gasteiger partial charge in [-0.2, -0.15) is 0 Å². The number of methoxy groups -OCH3 is 1. The molecule has 20 heavy (non-hydrogen) atoms. The van der Waals surface area contributed by atoms with E-state index in [1.54, 1.807) is 18.2 Å². The van der Waals surface area contributed by atoms with Gasteiger partial charge in [0.05, 0.1) is 17.7 Å². The second-order valence-corrected chi connectivity index (χ2v) is 5.29. The minimum Gasteiger partial charge on any atom is -0.465 e. The highest BCUT2D eigenvalue weighted by atomic mass is 35.5. The molecule has 0 saturated heterocycles. The Hall–Kier alpha value is -1.33. The minimum atomic E-state index is -0.475. The van der Waals surface area contributed by atoms with Crippen LogP contribution in [0, 0.1) is 0 Å². The van der Waals surface area contributed by atoms with E-state index < -0.39 is 5.97 Å². The molecule has 110 valence electrons. The second-order valence-electron chi connectivity index (χ2n) is 4.47. The van der Waals surface area contributed by atoms with E-state index in [1.807, 2.05) is 0 Å². The molecule has 0 aliphatic carbocycles. The fraction of sp³-hybridized carbons (Fsp3) is 0.429. The summed E-state index contributed by atoms with van der Waals surface area (Å²) in [6.07, 6.45) is 2.13. The monoisotopic (exact) mass is 314 g/mol. The summed E-state index contributed by atoms with van der Waals surface area (Å²) in [4.78, 5) is 11.6. The molecular weight excluding hydrogens is 296 g/mol. The number of ether oxygens (including phenoxy) is 1. The summed E-state index contributed by atoms with van der Waals surface area (Å²) < 4.78 is 4.67. The maximum atomic E-state index is 11.6. The van der Waals surface area contributed by atoms with Crippen LogP contribution in [-0.4, -0.2) is 24.2 Å². The second kappa shape index (κ2) is 8.07. The molecule has 0 bridgehead atoms. The largest absolute Gasteiger partial charge is 0.465 e. The van der Waals surface area contributed by atoms with Crippen LogP contribution < -0.4 is 10.6 Å². The summed E-state index contributed by atoms with van der Waals surface area (Å²) >= 11 is 11.2. The van der Waals surface area contributed by atoms with Crippen molar-refractivity contribution in [2.75, 3.05) is 12.4 Å². The first-order valence-electron chi connectivity index (χ1n) is 6.43. The van der Waals surface area contributed by atoms with Gasteiger partial charge in [-0.05, 0) is 43.8 Å². The van der Waals surface area contributed by atoms with Gasteiger partial charge in [0.15, 0.2) is 5.11 Å². The molecule has 1 aromatic rings. The SMILES string of the molecule is CCCC(C)NC(=S)Nc1ccc(Cl)c(C(=O)OC)c1. The summed E-state index contributed by atoms with van der Waals surface area (Å²) in [5.74, 6) is -0.475. The van der Waals surface area contributed by atoms with Crippen molar-refractivity contribution in [1.82, 2.24) is 5.32 Å². The molecule has 0 spiro atoms. The Kier molecular flexibility index (Phi) is 6.75. The molecule has 0 fully saturated rings. The van der Waals surface area contributed by atoms with Crippen LogP contribution in [0.2, 0.25) is 5.02 Å². The highest BCUT2D eigenvalue weighted by Crippen LogP contribution is 2.21. The van der Waals surface area contributed by atoms with E-state index in [0.29, 0.717) is 27.4 Å². The standard InChI is InChI=1S/C14H19ClN2O2S/c1-4-5-9(2)16-14(20)17-10-6-7-12(15)11(8-10)13(18)19-3/h6-9H,4-5H2,1-3H3,(H2,16,17,20). The molecule has 0 radical (unpaired) electrons. The number of hydrogen-bond acceptors (Lipinski definition) is 3. The Balaban J connectivity index is 2.73. The van der Waals surface area contributed by atoms with Crippen molar-refractivity contribution >= 4 is 40.6 Å². The molecule has 1 unspecified atom stereocenters. The number of thiocarbonyl (C=S) groups is 1. The number of halogens is 1. The van der Waals surface area contributed by atoms with Crippen LogP contribution in [0.15, 0.2) is 18.2 Å². The number of rotatable bonds is 5. The molecule has 0 saturated carbocycles. The Morgan fingerprint density at radius 3 is 2.80 bits per heavy atom. The molecule has 0 aliphatic heterocycles. The molecule has 1 rings (SSSR count). The lowest BCUT2D eigenvalue weighted by molar-refractivity contribution is 0.0601. The normalized spacial score (nSPS) is 11.6. The zero-order valence-corrected chi connectivity index (χ0v) is 13.4. The van der Waals surface area contributed by atoms with Gasteiger partial charge < -0.3 is 15.4 Å². The van der Waals surface area contributed by atoms with Crippen LogP contribution in [0.25, 0.3) is 0 Å². The topological polar surface area (TPSA) is 50.4 Å². The number of benzene rings is 1. The molecular formula is C14H19ClN2O2S. The van der Waals surface area contributed by atoms with Gasteiger partial charge in [-0.1, -0.05) is 24.9 Å². The average Bonchev–Trinajstić information content (AvgIpc) is 2.40. The highest BCUT2D eigenvalue weighted by Gasteiger charge is 2.12. The first kappa shape index (κ1) is 16.7. The summed E-state index contributed by atoms with van der Waals surface area (Å²) in [5.41, 5.74) is 1.000. The van der Waals surface area contributed by atoms with Crippen molar-refractivity contribution in [2.45, 2.75) is 32.7 Å². The number of esters is 1. The van der Waals surface area contributed by atoms with Crippen molar-refractivity contribution in [3.8, 4) is 0 Å². The third-order valence-corrected chi connectivity index (χ3v) is 3.28. The van der Waals surface area contributed by atoms with Crippen LogP contribution in [0.1, 0.15) is 37.0 Å². The summed E-state index contributed by atoms with van der Waals surface area (Å²) in [6, 6.07) is 5.31. The van der Waals surface area contributed by atoms with E-state index in [9.17, 15) is 4.79 Å². The first-order valence-corrected chi connectivity index (χ1v) is 7.22. The van der Waals surface area contributed by atoms with E-state index in [0.717, 1.165) is 12.8 Å². The van der Waals surface area contributed by atoms with Crippen LogP contribution in [-0.2, 0) is 4.74 Å². The van der Waals surface area contributed by atoms with Crippen molar-refractivity contribution in [3.63, 3.8) is 0 Å². The summed E-state index contributed by atoms with van der Waals surface area (Å²) in [5, 5.41) is 7.07. The lowest BCUT2D eigenvalue weighted by atomic mass is 10.2. The molecule has 1 atom stereocenters. The van der Waals surface area contributed by atoms with E-state index in [-0.39, 0.29) is 0 Å². The van der Waals surface area contributed by atoms with Crippen molar-refractivity contribution < 1.29 is 9.53 Å². The zero-order chi connectivity index (χ0) is 15.1.